The molecule has 2 aliphatic rings. The lowest BCUT2D eigenvalue weighted by molar-refractivity contribution is -0.115. The Kier molecular flexibility index (Phi) is 6.50. The van der Waals surface area contributed by atoms with E-state index in [2.05, 4.69) is 15.8 Å². The monoisotopic (exact) mass is 456 g/mol. The number of carbonyl (C=O) groups is 2. The molecular formula is C23H25ClN4O4. The van der Waals surface area contributed by atoms with Crippen LogP contribution >= 0.6 is 11.6 Å². The number of methoxy groups -OCH3 is 1. The molecule has 0 radical (unpaired) electrons. The Bertz CT molecular complexity index is 1020. The normalized spacial score (nSPS) is 16.8. The van der Waals surface area contributed by atoms with E-state index in [1.807, 2.05) is 24.3 Å². The van der Waals surface area contributed by atoms with E-state index in [0.717, 1.165) is 5.56 Å². The molecule has 4 rings (SSSR count). The Hall–Kier alpha value is -3.26. The standard InChI is InChI=1S/C23H25ClN4O4/c1-31-20-5-3-2-4-18(20)26-22(30)28-12-10-23(11-13-28)14-19(27-32-23)21(29)25-15-16-6-8-17(24)9-7-16/h2-9H,10-15H2,1H3,(H,25,29)(H,26,30). The van der Waals surface area contributed by atoms with Crippen molar-refractivity contribution in [2.24, 2.45) is 5.16 Å². The number of piperidine rings is 1. The molecule has 0 atom stereocenters. The van der Waals surface area contributed by atoms with E-state index < -0.39 is 5.60 Å². The van der Waals surface area contributed by atoms with Crippen molar-refractivity contribution >= 4 is 34.9 Å². The topological polar surface area (TPSA) is 92.3 Å². The Morgan fingerprint density at radius 2 is 1.88 bits per heavy atom. The van der Waals surface area contributed by atoms with Gasteiger partial charge in [-0.2, -0.15) is 0 Å². The zero-order valence-electron chi connectivity index (χ0n) is 17.8. The van der Waals surface area contributed by atoms with E-state index in [9.17, 15) is 9.59 Å². The lowest BCUT2D eigenvalue weighted by Gasteiger charge is -2.37. The largest absolute Gasteiger partial charge is 0.495 e. The molecule has 0 aliphatic carbocycles. The first-order chi connectivity index (χ1) is 15.5. The third-order valence-corrected chi connectivity index (χ3v) is 6.03. The highest BCUT2D eigenvalue weighted by Crippen LogP contribution is 2.35. The average Bonchev–Trinajstić information content (AvgIpc) is 3.23. The first-order valence-corrected chi connectivity index (χ1v) is 10.8. The number of likely N-dealkylation sites (tertiary alicyclic amines) is 1. The van der Waals surface area contributed by atoms with Crippen LogP contribution in [-0.4, -0.2) is 48.4 Å². The van der Waals surface area contributed by atoms with Gasteiger partial charge in [0.1, 0.15) is 17.1 Å². The van der Waals surface area contributed by atoms with Gasteiger partial charge in [-0.25, -0.2) is 4.79 Å². The highest BCUT2D eigenvalue weighted by atomic mass is 35.5. The minimum atomic E-state index is -0.534. The van der Waals surface area contributed by atoms with Gasteiger partial charge in [-0.1, -0.05) is 41.0 Å². The second kappa shape index (κ2) is 9.48. The Balaban J connectivity index is 1.26. The van der Waals surface area contributed by atoms with Crippen LogP contribution in [0.25, 0.3) is 0 Å². The van der Waals surface area contributed by atoms with Gasteiger partial charge >= 0.3 is 6.03 Å². The quantitative estimate of drug-likeness (QED) is 0.715. The highest BCUT2D eigenvalue weighted by Gasteiger charge is 2.44. The van der Waals surface area contributed by atoms with Crippen molar-refractivity contribution in [3.8, 4) is 5.75 Å². The summed E-state index contributed by atoms with van der Waals surface area (Å²) in [7, 11) is 1.57. The van der Waals surface area contributed by atoms with Crippen molar-refractivity contribution in [2.75, 3.05) is 25.5 Å². The summed E-state index contributed by atoms with van der Waals surface area (Å²) in [5.74, 6) is 0.365. The number of ether oxygens (including phenoxy) is 1. The summed E-state index contributed by atoms with van der Waals surface area (Å²) in [6, 6.07) is 14.4. The second-order valence-corrected chi connectivity index (χ2v) is 8.35. The number of rotatable bonds is 5. The lowest BCUT2D eigenvalue weighted by Crippen LogP contribution is -2.48. The van der Waals surface area contributed by atoms with E-state index in [0.29, 0.717) is 61.1 Å². The molecule has 0 unspecified atom stereocenters. The predicted octanol–water partition coefficient (Wildman–Crippen LogP) is 3.81. The number of halogens is 1. The van der Waals surface area contributed by atoms with Gasteiger partial charge in [0.15, 0.2) is 0 Å². The lowest BCUT2D eigenvalue weighted by atomic mass is 9.87. The van der Waals surface area contributed by atoms with Gasteiger partial charge in [-0.05, 0) is 29.8 Å². The second-order valence-electron chi connectivity index (χ2n) is 7.92. The molecule has 2 aromatic rings. The van der Waals surface area contributed by atoms with Crippen molar-refractivity contribution in [3.63, 3.8) is 0 Å². The van der Waals surface area contributed by atoms with Crippen molar-refractivity contribution < 1.29 is 19.2 Å². The molecule has 8 nitrogen and oxygen atoms in total. The van der Waals surface area contributed by atoms with Crippen LogP contribution in [0.15, 0.2) is 53.7 Å². The average molecular weight is 457 g/mol. The number of hydrogen-bond acceptors (Lipinski definition) is 5. The number of urea groups is 1. The Morgan fingerprint density at radius 3 is 2.59 bits per heavy atom. The van der Waals surface area contributed by atoms with Crippen molar-refractivity contribution in [1.29, 1.82) is 0 Å². The van der Waals surface area contributed by atoms with E-state index in [-0.39, 0.29) is 11.9 Å². The summed E-state index contributed by atoms with van der Waals surface area (Å²) < 4.78 is 5.29. The number of nitrogens with zero attached hydrogens (tertiary/aromatic N) is 2. The van der Waals surface area contributed by atoms with E-state index in [1.54, 1.807) is 36.3 Å². The Morgan fingerprint density at radius 1 is 1.16 bits per heavy atom. The fourth-order valence-corrected chi connectivity index (χ4v) is 3.98. The van der Waals surface area contributed by atoms with Gasteiger partial charge in [-0.3, -0.25) is 4.79 Å². The number of carbonyl (C=O) groups excluding carboxylic acids is 2. The molecule has 0 bridgehead atoms. The van der Waals surface area contributed by atoms with Crippen LogP contribution in [0.4, 0.5) is 10.5 Å². The molecule has 2 aromatic carbocycles. The van der Waals surface area contributed by atoms with Gasteiger partial charge in [0.25, 0.3) is 5.91 Å². The number of anilines is 1. The van der Waals surface area contributed by atoms with Crippen LogP contribution in [0.5, 0.6) is 5.75 Å². The van der Waals surface area contributed by atoms with Crippen LogP contribution in [0.1, 0.15) is 24.8 Å². The van der Waals surface area contributed by atoms with Crippen LogP contribution in [0.2, 0.25) is 5.02 Å². The van der Waals surface area contributed by atoms with Gasteiger partial charge < -0.3 is 25.1 Å². The summed E-state index contributed by atoms with van der Waals surface area (Å²) in [4.78, 5) is 32.6. The van der Waals surface area contributed by atoms with E-state index in [4.69, 9.17) is 21.2 Å². The zero-order chi connectivity index (χ0) is 22.6. The molecule has 0 saturated carbocycles. The van der Waals surface area contributed by atoms with Crippen LogP contribution in [-0.2, 0) is 16.2 Å². The number of para-hydroxylation sites is 2. The minimum absolute atomic E-state index is 0.191. The molecule has 1 fully saturated rings. The van der Waals surface area contributed by atoms with Gasteiger partial charge in [0.2, 0.25) is 0 Å². The van der Waals surface area contributed by atoms with Crippen molar-refractivity contribution in [3.05, 3.63) is 59.1 Å². The highest BCUT2D eigenvalue weighted by molar-refractivity contribution is 6.39. The number of nitrogens with one attached hydrogen (secondary N) is 2. The molecule has 1 spiro atoms. The van der Waals surface area contributed by atoms with Crippen molar-refractivity contribution in [2.45, 2.75) is 31.4 Å². The maximum atomic E-state index is 12.7. The summed E-state index contributed by atoms with van der Waals surface area (Å²) in [6.45, 7) is 1.41. The van der Waals surface area contributed by atoms with E-state index >= 15 is 0 Å². The molecule has 2 aliphatic heterocycles. The summed E-state index contributed by atoms with van der Waals surface area (Å²) in [5.41, 5.74) is 1.42. The number of oxime groups is 1. The Labute approximate surface area is 191 Å². The smallest absolute Gasteiger partial charge is 0.321 e. The van der Waals surface area contributed by atoms with Crippen LogP contribution in [0, 0.1) is 0 Å². The minimum Gasteiger partial charge on any atom is -0.495 e. The molecule has 0 aromatic heterocycles. The summed E-state index contributed by atoms with van der Waals surface area (Å²) in [6.07, 6.45) is 1.63. The molecular weight excluding hydrogens is 432 g/mol. The predicted molar refractivity (Wildman–Crippen MR) is 122 cm³/mol. The summed E-state index contributed by atoms with van der Waals surface area (Å²) >= 11 is 5.89. The first kappa shape index (κ1) is 22.0. The molecule has 9 heteroatoms. The molecule has 168 valence electrons. The third kappa shape index (κ3) is 4.96. The number of hydrogen-bond donors (Lipinski definition) is 2. The van der Waals surface area contributed by atoms with Gasteiger partial charge in [-0.15, -0.1) is 0 Å². The van der Waals surface area contributed by atoms with E-state index in [1.165, 1.54) is 0 Å². The maximum Gasteiger partial charge on any atom is 0.321 e. The fraction of sp³-hybridized carbons (Fsp3) is 0.348. The number of amides is 3. The first-order valence-electron chi connectivity index (χ1n) is 10.4. The van der Waals surface area contributed by atoms with Gasteiger partial charge in [0, 0.05) is 43.9 Å². The zero-order valence-corrected chi connectivity index (χ0v) is 18.5. The molecule has 32 heavy (non-hydrogen) atoms. The summed E-state index contributed by atoms with van der Waals surface area (Å²) in [5, 5.41) is 10.5. The fourth-order valence-electron chi connectivity index (χ4n) is 3.86. The van der Waals surface area contributed by atoms with Crippen LogP contribution < -0.4 is 15.4 Å². The number of benzene rings is 2. The SMILES string of the molecule is COc1ccccc1NC(=O)N1CCC2(CC1)CC(C(=O)NCc1ccc(Cl)cc1)=NO2. The molecule has 1 saturated heterocycles. The van der Waals surface area contributed by atoms with Crippen LogP contribution in [0.3, 0.4) is 0 Å². The van der Waals surface area contributed by atoms with Crippen molar-refractivity contribution in [1.82, 2.24) is 10.2 Å². The maximum absolute atomic E-state index is 12.7. The molecule has 2 N–H and O–H groups in total. The molecule has 3 amide bonds. The third-order valence-electron chi connectivity index (χ3n) is 5.78. The van der Waals surface area contributed by atoms with Gasteiger partial charge in [0.05, 0.1) is 12.8 Å². The molecule has 2 heterocycles.